The van der Waals surface area contributed by atoms with E-state index in [1.807, 2.05) is 0 Å². The van der Waals surface area contributed by atoms with Crippen LogP contribution < -0.4 is 11.2 Å². The average molecular weight is 974 g/mol. The van der Waals surface area contributed by atoms with Gasteiger partial charge >= 0.3 is 11.7 Å². The van der Waals surface area contributed by atoms with Crippen molar-refractivity contribution in [1.82, 2.24) is 18.9 Å². The fourth-order valence-electron chi connectivity index (χ4n) is 7.44. The fourth-order valence-corrected chi connectivity index (χ4v) is 11.3. The lowest BCUT2D eigenvalue weighted by molar-refractivity contribution is -0.154. The van der Waals surface area contributed by atoms with Gasteiger partial charge in [-0.2, -0.15) is 0 Å². The van der Waals surface area contributed by atoms with Crippen LogP contribution in [-0.4, -0.2) is 144 Å². The number of hydrogen-bond donors (Lipinski definition) is 2. The van der Waals surface area contributed by atoms with Gasteiger partial charge in [-0.05, 0) is 61.7 Å². The predicted octanol–water partition coefficient (Wildman–Crippen LogP) is 6.62. The molecule has 0 bridgehead atoms. The molecule has 20 heteroatoms. The quantitative estimate of drug-likeness (QED) is 0.106. The second kappa shape index (κ2) is 20.4. The molecule has 4 heterocycles. The molecular formula is C44H84N4O12Si4. The first kappa shape index (κ1) is 54.8. The van der Waals surface area contributed by atoms with E-state index in [-0.39, 0.29) is 55.1 Å². The van der Waals surface area contributed by atoms with E-state index >= 15 is 0 Å². The molecule has 1 aromatic heterocycles. The number of aromatic nitrogens is 2. The third-order valence-electron chi connectivity index (χ3n) is 13.9. The number of ether oxygens (including phenoxy) is 4. The number of hydrogen-bond acceptors (Lipinski definition) is 12. The van der Waals surface area contributed by atoms with Gasteiger partial charge in [0, 0.05) is 60.5 Å². The Bertz CT molecular complexity index is 1900. The van der Waals surface area contributed by atoms with Crippen molar-refractivity contribution in [1.29, 1.82) is 0 Å². The summed E-state index contributed by atoms with van der Waals surface area (Å²) in [6.07, 6.45) is -2.96. The summed E-state index contributed by atoms with van der Waals surface area (Å²) in [6.45, 7) is 36.6. The van der Waals surface area contributed by atoms with Crippen molar-refractivity contribution < 1.29 is 47.6 Å². The van der Waals surface area contributed by atoms with E-state index in [1.54, 1.807) is 6.92 Å². The summed E-state index contributed by atoms with van der Waals surface area (Å²) in [6, 6.07) is 0.989. The van der Waals surface area contributed by atoms with Gasteiger partial charge in [0.2, 0.25) is 5.91 Å². The van der Waals surface area contributed by atoms with Crippen LogP contribution in [0.4, 0.5) is 4.79 Å². The van der Waals surface area contributed by atoms with Crippen LogP contribution in [0.1, 0.15) is 73.1 Å². The Balaban J connectivity index is 1.80. The summed E-state index contributed by atoms with van der Waals surface area (Å²) in [5, 5.41) is 20.4. The first-order valence-corrected chi connectivity index (χ1v) is 36.4. The lowest BCUT2D eigenvalue weighted by atomic mass is 9.80. The van der Waals surface area contributed by atoms with Crippen molar-refractivity contribution in [2.45, 2.75) is 199 Å². The molecule has 368 valence electrons. The lowest BCUT2D eigenvalue weighted by Crippen LogP contribution is -2.64. The lowest BCUT2D eigenvalue weighted by Gasteiger charge is -2.45. The number of rotatable bonds is 20. The topological polar surface area (TPSA) is 180 Å². The first-order chi connectivity index (χ1) is 29.1. The van der Waals surface area contributed by atoms with Gasteiger partial charge in [-0.1, -0.05) is 80.8 Å². The molecule has 3 amide bonds. The minimum Gasteiger partial charge on any atom is -0.414 e. The molecule has 7 atom stereocenters. The summed E-state index contributed by atoms with van der Waals surface area (Å²) in [5.41, 5.74) is -2.47. The number of urea groups is 1. The Morgan fingerprint density at radius 2 is 1.33 bits per heavy atom. The van der Waals surface area contributed by atoms with Crippen molar-refractivity contribution in [3.8, 4) is 0 Å². The van der Waals surface area contributed by atoms with E-state index in [9.17, 15) is 29.4 Å². The molecule has 64 heavy (non-hydrogen) atoms. The fraction of sp³-hybridized carbons (Fsp3) is 0.864. The van der Waals surface area contributed by atoms with Crippen molar-refractivity contribution >= 4 is 44.7 Å². The van der Waals surface area contributed by atoms with Gasteiger partial charge in [0.1, 0.15) is 38.1 Å². The molecule has 0 aliphatic carbocycles. The molecule has 0 saturated carbocycles. The Morgan fingerprint density at radius 1 is 0.781 bits per heavy atom. The average Bonchev–Trinajstić information content (AvgIpc) is 3.72. The Hall–Kier alpha value is -1.83. The minimum absolute atomic E-state index is 0.0233. The number of carbonyl (C=O) groups excluding carboxylic acids is 2. The highest BCUT2D eigenvalue weighted by Crippen LogP contribution is 2.43. The van der Waals surface area contributed by atoms with E-state index in [2.05, 4.69) is 107 Å². The number of carbonyl (C=O) groups is 2. The molecule has 0 spiro atoms. The number of aliphatic hydroxyl groups is 2. The van der Waals surface area contributed by atoms with E-state index in [0.717, 1.165) is 21.6 Å². The van der Waals surface area contributed by atoms with Crippen LogP contribution in [0.25, 0.3) is 0 Å². The maximum atomic E-state index is 14.7. The van der Waals surface area contributed by atoms with Crippen molar-refractivity contribution in [2.75, 3.05) is 39.7 Å². The SMILES string of the molecule is CC(C)(C)[Si](C)(C)OC[C@H]1O[C@@H](n2cc(C[C@]3(C)CN([C@H]4C[C@@H](O)[C@@H](CO)O4)C(=O)N(COCC[Si](C)(C)C)C3=O)c(=O)n(COCC[Si](C)(C)C)c2=O)C[C@H]1O[Si](C)(C)C(C)(C)C. The highest BCUT2D eigenvalue weighted by atomic mass is 28.4. The molecule has 3 aliphatic rings. The standard InChI is InChI=1S/C44H84N4O12Si4/c1-42(2,3)63(14,15)57-27-35-33(60-64(16,17)43(4,5)6)23-37(59-35)45-25-31(38(51)47(40(45)53)29-55-18-20-61(8,9)10)24-44(7)28-46(36-22-32(50)34(26-49)58-36)41(54)48(39(44)52)30-56-19-21-62(11,12)13/h25,32-37,49-50H,18-24,26-30H2,1-17H3/t32-,33-,34-,35-,36-,37-,44-/m1/s1. The van der Waals surface area contributed by atoms with Crippen molar-refractivity contribution in [3.05, 3.63) is 32.6 Å². The zero-order valence-electron chi connectivity index (χ0n) is 42.3. The second-order valence-electron chi connectivity index (χ2n) is 24.1. The third-order valence-corrected chi connectivity index (χ3v) is 26.3. The van der Waals surface area contributed by atoms with Crippen LogP contribution in [0.5, 0.6) is 0 Å². The van der Waals surface area contributed by atoms with Crippen LogP contribution in [0, 0.1) is 5.41 Å². The predicted molar refractivity (Wildman–Crippen MR) is 259 cm³/mol. The van der Waals surface area contributed by atoms with Crippen LogP contribution in [0.2, 0.25) is 87.6 Å². The minimum atomic E-state index is -2.35. The summed E-state index contributed by atoms with van der Waals surface area (Å²) in [7, 11) is -7.60. The van der Waals surface area contributed by atoms with Gasteiger partial charge in [-0.15, -0.1) is 0 Å². The normalized spacial score (nSPS) is 26.7. The van der Waals surface area contributed by atoms with Gasteiger partial charge in [-0.25, -0.2) is 19.1 Å². The first-order valence-electron chi connectivity index (χ1n) is 23.2. The molecule has 2 N–H and O–H groups in total. The van der Waals surface area contributed by atoms with Gasteiger partial charge in [0.25, 0.3) is 5.56 Å². The molecule has 3 saturated heterocycles. The monoisotopic (exact) mass is 973 g/mol. The van der Waals surface area contributed by atoms with Crippen LogP contribution >= 0.6 is 0 Å². The van der Waals surface area contributed by atoms with Gasteiger partial charge in [0.15, 0.2) is 16.6 Å². The van der Waals surface area contributed by atoms with Gasteiger partial charge in [-0.3, -0.25) is 19.1 Å². The summed E-state index contributed by atoms with van der Waals surface area (Å²) in [4.78, 5) is 60.4. The number of nitrogens with zero attached hydrogens (tertiary/aromatic N) is 4. The van der Waals surface area contributed by atoms with Gasteiger partial charge < -0.3 is 38.0 Å². The van der Waals surface area contributed by atoms with Crippen molar-refractivity contribution in [3.63, 3.8) is 0 Å². The van der Waals surface area contributed by atoms with Crippen LogP contribution in [-0.2, 0) is 45.7 Å². The van der Waals surface area contributed by atoms with Crippen LogP contribution in [0.15, 0.2) is 15.8 Å². The van der Waals surface area contributed by atoms with E-state index < -0.39 is 105 Å². The van der Waals surface area contributed by atoms with Crippen molar-refractivity contribution in [2.24, 2.45) is 5.41 Å². The number of aliphatic hydroxyl groups excluding tert-OH is 2. The molecule has 16 nitrogen and oxygen atoms in total. The second-order valence-corrected chi connectivity index (χ2v) is 44.9. The summed E-state index contributed by atoms with van der Waals surface area (Å²) < 4.78 is 41.0. The van der Waals surface area contributed by atoms with E-state index in [0.29, 0.717) is 19.6 Å². The highest BCUT2D eigenvalue weighted by Gasteiger charge is 2.53. The van der Waals surface area contributed by atoms with E-state index in [4.69, 9.17) is 27.8 Å². The zero-order chi connectivity index (χ0) is 48.6. The molecule has 0 unspecified atom stereocenters. The molecule has 3 fully saturated rings. The maximum Gasteiger partial charge on any atom is 0.335 e. The Morgan fingerprint density at radius 3 is 1.84 bits per heavy atom. The molecule has 0 radical (unpaired) electrons. The Labute approximate surface area is 386 Å². The molecule has 3 aliphatic heterocycles. The summed E-state index contributed by atoms with van der Waals surface area (Å²) >= 11 is 0. The summed E-state index contributed by atoms with van der Waals surface area (Å²) in [5.74, 6) is -0.545. The molecule has 4 rings (SSSR count). The van der Waals surface area contributed by atoms with Crippen LogP contribution in [0.3, 0.4) is 0 Å². The largest absolute Gasteiger partial charge is 0.414 e. The van der Waals surface area contributed by atoms with E-state index in [1.165, 1.54) is 15.7 Å². The third kappa shape index (κ3) is 13.4. The smallest absolute Gasteiger partial charge is 0.335 e. The highest BCUT2D eigenvalue weighted by molar-refractivity contribution is 6.76. The number of imide groups is 1. The molecule has 1 aromatic rings. The Kier molecular flexibility index (Phi) is 17.5. The number of amides is 3. The molecule has 0 aromatic carbocycles. The maximum absolute atomic E-state index is 14.7. The molecular weight excluding hydrogens is 889 g/mol. The zero-order valence-corrected chi connectivity index (χ0v) is 46.3. The van der Waals surface area contributed by atoms with Gasteiger partial charge in [0.05, 0.1) is 30.8 Å².